The molecule has 1 spiro atoms. The fourth-order valence-electron chi connectivity index (χ4n) is 4.67. The molecule has 0 radical (unpaired) electrons. The van der Waals surface area contributed by atoms with Crippen molar-refractivity contribution in [2.45, 2.75) is 36.8 Å². The number of nitrogens with one attached hydrogen (secondary N) is 2. The van der Waals surface area contributed by atoms with Crippen LogP contribution in [0.25, 0.3) is 0 Å². The molecule has 2 N–H and O–H groups in total. The van der Waals surface area contributed by atoms with Gasteiger partial charge in [-0.2, -0.15) is 0 Å². The number of benzene rings is 2. The van der Waals surface area contributed by atoms with Crippen LogP contribution in [0.15, 0.2) is 48.5 Å². The van der Waals surface area contributed by atoms with E-state index in [4.69, 9.17) is 4.74 Å². The molecule has 1 aliphatic carbocycles. The summed E-state index contributed by atoms with van der Waals surface area (Å²) in [6, 6.07) is 15.4. The highest BCUT2D eigenvalue weighted by atomic mass is 16.5. The van der Waals surface area contributed by atoms with Crippen LogP contribution in [0.3, 0.4) is 0 Å². The van der Waals surface area contributed by atoms with Gasteiger partial charge in [0.15, 0.2) is 0 Å². The molecule has 2 fully saturated rings. The Hall–Kier alpha value is -3.02. The number of hydrogen-bond acceptors (Lipinski definition) is 4. The lowest BCUT2D eigenvalue weighted by Crippen LogP contribution is -2.63. The van der Waals surface area contributed by atoms with Crippen molar-refractivity contribution in [1.82, 2.24) is 10.2 Å². The van der Waals surface area contributed by atoms with Gasteiger partial charge in [-0.3, -0.25) is 9.59 Å². The Labute approximate surface area is 170 Å². The number of amides is 2. The molecule has 6 heteroatoms. The lowest BCUT2D eigenvalue weighted by atomic mass is 9.89. The first-order valence-corrected chi connectivity index (χ1v) is 10.2. The number of fused-ring (bicyclic) bond motifs is 1. The molecule has 1 saturated heterocycles. The summed E-state index contributed by atoms with van der Waals surface area (Å²) in [7, 11) is 1.65. The molecule has 2 aliphatic heterocycles. The maximum Gasteiger partial charge on any atom is 0.255 e. The van der Waals surface area contributed by atoms with Gasteiger partial charge in [-0.1, -0.05) is 24.3 Å². The predicted molar refractivity (Wildman–Crippen MR) is 110 cm³/mol. The second kappa shape index (κ2) is 6.51. The molecule has 2 heterocycles. The fraction of sp³-hybridized carbons (Fsp3) is 0.391. The zero-order valence-electron chi connectivity index (χ0n) is 16.5. The van der Waals surface area contributed by atoms with Crippen LogP contribution >= 0.6 is 0 Å². The average molecular weight is 391 g/mol. The molecule has 0 unspecified atom stereocenters. The normalized spacial score (nSPS) is 21.0. The molecule has 3 aliphatic rings. The molecule has 5 rings (SSSR count). The first-order valence-electron chi connectivity index (χ1n) is 10.2. The van der Waals surface area contributed by atoms with Crippen LogP contribution in [0.5, 0.6) is 5.75 Å². The molecule has 150 valence electrons. The minimum atomic E-state index is -0.473. The van der Waals surface area contributed by atoms with E-state index in [1.54, 1.807) is 7.11 Å². The summed E-state index contributed by atoms with van der Waals surface area (Å²) in [6.45, 7) is 1.26. The number of ether oxygens (including phenoxy) is 1. The van der Waals surface area contributed by atoms with E-state index in [0.717, 1.165) is 29.8 Å². The van der Waals surface area contributed by atoms with Crippen molar-refractivity contribution in [2.75, 3.05) is 25.5 Å². The van der Waals surface area contributed by atoms with E-state index < -0.39 is 5.66 Å². The van der Waals surface area contributed by atoms with Crippen molar-refractivity contribution >= 4 is 17.5 Å². The fourth-order valence-corrected chi connectivity index (χ4v) is 4.67. The van der Waals surface area contributed by atoms with Crippen LogP contribution in [0.1, 0.15) is 41.6 Å². The standard InChI is InChI=1S/C23H25N3O3/c1-29-17-8-6-16(7-9-17)22(10-11-22)21(28)26-14-12-23(13-15-26)24-19-5-3-2-4-18(19)20(27)25-23/h2-9,24H,10-15H2,1H3,(H,25,27). The summed E-state index contributed by atoms with van der Waals surface area (Å²) in [5, 5.41) is 6.66. The van der Waals surface area contributed by atoms with Crippen molar-refractivity contribution in [3.8, 4) is 5.75 Å². The third kappa shape index (κ3) is 2.94. The molecule has 2 aromatic carbocycles. The van der Waals surface area contributed by atoms with Crippen LogP contribution in [-0.4, -0.2) is 42.6 Å². The molecular formula is C23H25N3O3. The third-order valence-corrected chi connectivity index (χ3v) is 6.60. The number of piperidine rings is 1. The number of carbonyl (C=O) groups excluding carboxylic acids is 2. The van der Waals surface area contributed by atoms with Crippen molar-refractivity contribution in [2.24, 2.45) is 0 Å². The largest absolute Gasteiger partial charge is 0.497 e. The van der Waals surface area contributed by atoms with Gasteiger partial charge in [0.25, 0.3) is 5.91 Å². The number of anilines is 1. The third-order valence-electron chi connectivity index (χ3n) is 6.60. The summed E-state index contributed by atoms with van der Waals surface area (Å²) in [5.41, 5.74) is 1.76. The van der Waals surface area contributed by atoms with E-state index in [1.165, 1.54) is 0 Å². The minimum Gasteiger partial charge on any atom is -0.497 e. The lowest BCUT2D eigenvalue weighted by Gasteiger charge is -2.46. The van der Waals surface area contributed by atoms with E-state index in [0.29, 0.717) is 31.5 Å². The predicted octanol–water partition coefficient (Wildman–Crippen LogP) is 2.90. The molecule has 0 bridgehead atoms. The number of para-hydroxylation sites is 1. The topological polar surface area (TPSA) is 70.7 Å². The van der Waals surface area contributed by atoms with Gasteiger partial charge in [0, 0.05) is 31.6 Å². The molecule has 6 nitrogen and oxygen atoms in total. The highest BCUT2D eigenvalue weighted by Crippen LogP contribution is 2.50. The minimum absolute atomic E-state index is 0.0453. The van der Waals surface area contributed by atoms with Gasteiger partial charge in [0.2, 0.25) is 5.91 Å². The molecule has 29 heavy (non-hydrogen) atoms. The van der Waals surface area contributed by atoms with Gasteiger partial charge < -0.3 is 20.3 Å². The molecule has 2 amide bonds. The van der Waals surface area contributed by atoms with E-state index in [9.17, 15) is 9.59 Å². The Bertz CT molecular complexity index is 958. The first-order chi connectivity index (χ1) is 14.1. The SMILES string of the molecule is COc1ccc(C2(C(=O)N3CCC4(CC3)NC(=O)c3ccccc3N4)CC2)cc1. The summed E-state index contributed by atoms with van der Waals surface area (Å²) >= 11 is 0. The average Bonchev–Trinajstić information content (AvgIpc) is 3.56. The Morgan fingerprint density at radius 3 is 2.31 bits per heavy atom. The van der Waals surface area contributed by atoms with Crippen molar-refractivity contribution < 1.29 is 14.3 Å². The van der Waals surface area contributed by atoms with Crippen LogP contribution in [-0.2, 0) is 10.2 Å². The Kier molecular flexibility index (Phi) is 4.05. The maximum atomic E-state index is 13.4. The van der Waals surface area contributed by atoms with Gasteiger partial charge >= 0.3 is 0 Å². The number of methoxy groups -OCH3 is 1. The van der Waals surface area contributed by atoms with Crippen LogP contribution in [0.4, 0.5) is 5.69 Å². The second-order valence-electron chi connectivity index (χ2n) is 8.31. The molecule has 0 aromatic heterocycles. The zero-order valence-corrected chi connectivity index (χ0v) is 16.5. The first kappa shape index (κ1) is 18.0. The summed E-state index contributed by atoms with van der Waals surface area (Å²) < 4.78 is 5.24. The summed E-state index contributed by atoms with van der Waals surface area (Å²) in [5.74, 6) is 0.965. The van der Waals surface area contributed by atoms with E-state index in [-0.39, 0.29) is 17.2 Å². The summed E-state index contributed by atoms with van der Waals surface area (Å²) in [6.07, 6.45) is 3.17. The van der Waals surface area contributed by atoms with E-state index in [1.807, 2.05) is 53.4 Å². The number of carbonyl (C=O) groups is 2. The van der Waals surface area contributed by atoms with Crippen LogP contribution < -0.4 is 15.4 Å². The molecule has 2 aromatic rings. The molecule has 1 saturated carbocycles. The van der Waals surface area contributed by atoms with E-state index >= 15 is 0 Å². The van der Waals surface area contributed by atoms with Gasteiger partial charge in [-0.25, -0.2) is 0 Å². The Morgan fingerprint density at radius 1 is 0.966 bits per heavy atom. The van der Waals surface area contributed by atoms with Crippen LogP contribution in [0.2, 0.25) is 0 Å². The smallest absolute Gasteiger partial charge is 0.255 e. The van der Waals surface area contributed by atoms with Gasteiger partial charge in [-0.05, 0) is 42.7 Å². The van der Waals surface area contributed by atoms with Crippen molar-refractivity contribution in [1.29, 1.82) is 0 Å². The van der Waals surface area contributed by atoms with Crippen molar-refractivity contribution in [3.05, 3.63) is 59.7 Å². The lowest BCUT2D eigenvalue weighted by molar-refractivity contribution is -0.135. The Morgan fingerprint density at radius 2 is 1.66 bits per heavy atom. The van der Waals surface area contributed by atoms with Crippen molar-refractivity contribution in [3.63, 3.8) is 0 Å². The molecule has 0 atom stereocenters. The number of hydrogen-bond donors (Lipinski definition) is 2. The van der Waals surface area contributed by atoms with Gasteiger partial charge in [0.1, 0.15) is 11.4 Å². The maximum absolute atomic E-state index is 13.4. The quantitative estimate of drug-likeness (QED) is 0.844. The van der Waals surface area contributed by atoms with Gasteiger partial charge in [-0.15, -0.1) is 0 Å². The summed E-state index contributed by atoms with van der Waals surface area (Å²) in [4.78, 5) is 27.9. The number of nitrogens with zero attached hydrogens (tertiary/aromatic N) is 1. The van der Waals surface area contributed by atoms with Gasteiger partial charge in [0.05, 0.1) is 18.1 Å². The zero-order chi connectivity index (χ0) is 20.1. The van der Waals surface area contributed by atoms with Crippen LogP contribution in [0, 0.1) is 0 Å². The Balaban J connectivity index is 1.30. The van der Waals surface area contributed by atoms with E-state index in [2.05, 4.69) is 10.6 Å². The number of likely N-dealkylation sites (tertiary alicyclic amines) is 1. The highest BCUT2D eigenvalue weighted by molar-refractivity contribution is 6.02. The highest BCUT2D eigenvalue weighted by Gasteiger charge is 2.54. The second-order valence-corrected chi connectivity index (χ2v) is 8.31. The monoisotopic (exact) mass is 391 g/mol. The number of rotatable bonds is 3. The molecular weight excluding hydrogens is 366 g/mol.